The molecule has 1 aromatic carbocycles. The van der Waals surface area contributed by atoms with Crippen molar-refractivity contribution in [3.05, 3.63) is 29.8 Å². The molecule has 148 valence electrons. The number of rotatable bonds is 7. The fraction of sp³-hybridized carbons (Fsp3) is 0.636. The monoisotopic (exact) mass is 371 g/mol. The Morgan fingerprint density at radius 1 is 1.37 bits per heavy atom. The first kappa shape index (κ1) is 19.9. The third-order valence-corrected chi connectivity index (χ3v) is 6.12. The Balaban J connectivity index is 1.56. The Morgan fingerprint density at radius 3 is 2.93 bits per heavy atom. The molecule has 0 bridgehead atoms. The molecule has 3 atom stereocenters. The predicted octanol–water partition coefficient (Wildman–Crippen LogP) is 3.06. The topological polar surface area (TPSA) is 61.4 Å². The van der Waals surface area contributed by atoms with Gasteiger partial charge in [0.05, 0.1) is 5.92 Å². The number of nitrogens with one attached hydrogen (secondary N) is 2. The highest BCUT2D eigenvalue weighted by molar-refractivity contribution is 6.00. The number of piperidine rings is 1. The van der Waals surface area contributed by atoms with Gasteiger partial charge < -0.3 is 15.5 Å². The molecule has 5 nitrogen and oxygen atoms in total. The van der Waals surface area contributed by atoms with Crippen LogP contribution >= 0.6 is 0 Å². The summed E-state index contributed by atoms with van der Waals surface area (Å²) in [5, 5.41) is 6.48. The van der Waals surface area contributed by atoms with Crippen molar-refractivity contribution in [1.82, 2.24) is 10.6 Å². The summed E-state index contributed by atoms with van der Waals surface area (Å²) in [5.74, 6) is 0.888. The Morgan fingerprint density at radius 2 is 2.19 bits per heavy atom. The van der Waals surface area contributed by atoms with Crippen LogP contribution in [0.15, 0.2) is 24.3 Å². The number of para-hydroxylation sites is 1. The van der Waals surface area contributed by atoms with Crippen molar-refractivity contribution in [2.24, 2.45) is 11.8 Å². The van der Waals surface area contributed by atoms with Crippen LogP contribution in [-0.2, 0) is 9.59 Å². The summed E-state index contributed by atoms with van der Waals surface area (Å²) in [6.45, 7) is 7.70. The van der Waals surface area contributed by atoms with Gasteiger partial charge in [-0.2, -0.15) is 0 Å². The molecule has 2 fully saturated rings. The summed E-state index contributed by atoms with van der Waals surface area (Å²) in [4.78, 5) is 27.0. The molecule has 3 unspecified atom stereocenters. The molecule has 1 aromatic rings. The van der Waals surface area contributed by atoms with Gasteiger partial charge in [0.15, 0.2) is 0 Å². The first-order chi connectivity index (χ1) is 13.1. The maximum absolute atomic E-state index is 12.6. The van der Waals surface area contributed by atoms with Crippen molar-refractivity contribution in [1.29, 1.82) is 0 Å². The van der Waals surface area contributed by atoms with Gasteiger partial charge in [0, 0.05) is 25.2 Å². The molecule has 2 heterocycles. The van der Waals surface area contributed by atoms with Crippen LogP contribution in [0.3, 0.4) is 0 Å². The van der Waals surface area contributed by atoms with Gasteiger partial charge >= 0.3 is 0 Å². The molecular formula is C22H33N3O2. The highest BCUT2D eigenvalue weighted by atomic mass is 16.2. The van der Waals surface area contributed by atoms with Gasteiger partial charge in [0.1, 0.15) is 0 Å². The zero-order chi connectivity index (χ0) is 19.2. The lowest BCUT2D eigenvalue weighted by Gasteiger charge is -2.23. The summed E-state index contributed by atoms with van der Waals surface area (Å²) in [7, 11) is 0. The third-order valence-electron chi connectivity index (χ3n) is 6.12. The molecule has 2 amide bonds. The van der Waals surface area contributed by atoms with Gasteiger partial charge in [-0.05, 0) is 62.2 Å². The van der Waals surface area contributed by atoms with E-state index in [-0.39, 0.29) is 17.7 Å². The summed E-state index contributed by atoms with van der Waals surface area (Å²) >= 11 is 0. The number of anilines is 1. The summed E-state index contributed by atoms with van der Waals surface area (Å²) < 4.78 is 0. The minimum atomic E-state index is -0.244. The van der Waals surface area contributed by atoms with E-state index in [1.807, 2.05) is 23.1 Å². The van der Waals surface area contributed by atoms with E-state index in [0.717, 1.165) is 31.6 Å². The van der Waals surface area contributed by atoms with E-state index in [2.05, 4.69) is 30.5 Å². The van der Waals surface area contributed by atoms with E-state index in [9.17, 15) is 9.59 Å². The lowest BCUT2D eigenvalue weighted by molar-refractivity contribution is -0.126. The molecule has 27 heavy (non-hydrogen) atoms. The Labute approximate surface area is 162 Å². The number of carbonyl (C=O) groups is 2. The predicted molar refractivity (Wildman–Crippen MR) is 109 cm³/mol. The van der Waals surface area contributed by atoms with Gasteiger partial charge in [0.25, 0.3) is 0 Å². The van der Waals surface area contributed by atoms with Gasteiger partial charge in [-0.1, -0.05) is 32.0 Å². The molecular weight excluding hydrogens is 338 g/mol. The van der Waals surface area contributed by atoms with E-state index in [1.54, 1.807) is 0 Å². The van der Waals surface area contributed by atoms with Gasteiger partial charge in [0.2, 0.25) is 11.8 Å². The molecule has 3 rings (SSSR count). The highest BCUT2D eigenvalue weighted by Gasteiger charge is 2.36. The Kier molecular flexibility index (Phi) is 6.89. The minimum Gasteiger partial charge on any atom is -0.356 e. The number of hydrogen-bond acceptors (Lipinski definition) is 3. The summed E-state index contributed by atoms with van der Waals surface area (Å²) in [6, 6.07) is 8.11. The molecule has 2 aliphatic rings. The first-order valence-electron chi connectivity index (χ1n) is 10.5. The lowest BCUT2D eigenvalue weighted by Crippen LogP contribution is -2.36. The molecule has 0 aliphatic carbocycles. The van der Waals surface area contributed by atoms with Crippen LogP contribution in [-0.4, -0.2) is 38.0 Å². The maximum Gasteiger partial charge on any atom is 0.227 e. The first-order valence-corrected chi connectivity index (χ1v) is 10.5. The molecule has 0 aromatic heterocycles. The quantitative estimate of drug-likeness (QED) is 0.774. The molecule has 2 aliphatic heterocycles. The van der Waals surface area contributed by atoms with E-state index in [0.29, 0.717) is 31.3 Å². The van der Waals surface area contributed by atoms with E-state index < -0.39 is 0 Å². The molecule has 2 saturated heterocycles. The zero-order valence-electron chi connectivity index (χ0n) is 16.7. The van der Waals surface area contributed by atoms with E-state index >= 15 is 0 Å². The Bertz CT molecular complexity index is 655. The fourth-order valence-corrected chi connectivity index (χ4v) is 4.20. The van der Waals surface area contributed by atoms with Gasteiger partial charge in [-0.3, -0.25) is 9.59 Å². The van der Waals surface area contributed by atoms with E-state index in [4.69, 9.17) is 0 Å². The summed E-state index contributed by atoms with van der Waals surface area (Å²) in [6.07, 6.45) is 4.82. The van der Waals surface area contributed by atoms with Crippen molar-refractivity contribution in [2.75, 3.05) is 31.1 Å². The number of nitrogens with zero attached hydrogens (tertiary/aromatic N) is 1. The van der Waals surface area contributed by atoms with Crippen LogP contribution < -0.4 is 15.5 Å². The standard InChI is InChI=1S/C22H33N3O2/c1-3-16(2)19-8-4-5-9-20(19)25-15-18(13-21(25)26)22(27)24-12-10-17-7-6-11-23-14-17/h4-5,8-9,16-18,23H,3,6-7,10-15H2,1-2H3,(H,24,27). The van der Waals surface area contributed by atoms with Crippen LogP contribution in [0.1, 0.15) is 57.4 Å². The largest absolute Gasteiger partial charge is 0.356 e. The van der Waals surface area contributed by atoms with Crippen LogP contribution in [0.25, 0.3) is 0 Å². The molecule has 0 saturated carbocycles. The zero-order valence-corrected chi connectivity index (χ0v) is 16.7. The van der Waals surface area contributed by atoms with Crippen molar-refractivity contribution in [2.45, 2.75) is 51.9 Å². The van der Waals surface area contributed by atoms with Crippen molar-refractivity contribution in [3.63, 3.8) is 0 Å². The van der Waals surface area contributed by atoms with Crippen molar-refractivity contribution in [3.8, 4) is 0 Å². The number of carbonyl (C=O) groups excluding carboxylic acids is 2. The normalized spacial score (nSPS) is 24.1. The number of amides is 2. The molecule has 0 radical (unpaired) electrons. The Hall–Kier alpha value is -1.88. The van der Waals surface area contributed by atoms with E-state index in [1.165, 1.54) is 18.4 Å². The smallest absolute Gasteiger partial charge is 0.227 e. The fourth-order valence-electron chi connectivity index (χ4n) is 4.20. The van der Waals surface area contributed by atoms with Crippen LogP contribution in [0, 0.1) is 11.8 Å². The second-order valence-electron chi connectivity index (χ2n) is 8.07. The molecule has 0 spiro atoms. The van der Waals surface area contributed by atoms with Crippen molar-refractivity contribution >= 4 is 17.5 Å². The summed E-state index contributed by atoms with van der Waals surface area (Å²) in [5.41, 5.74) is 2.17. The lowest BCUT2D eigenvalue weighted by atomic mass is 9.96. The third kappa shape index (κ3) is 4.89. The van der Waals surface area contributed by atoms with Gasteiger partial charge in [-0.15, -0.1) is 0 Å². The van der Waals surface area contributed by atoms with Crippen LogP contribution in [0.4, 0.5) is 5.69 Å². The van der Waals surface area contributed by atoms with Crippen LogP contribution in [0.2, 0.25) is 0 Å². The SMILES string of the molecule is CCC(C)c1ccccc1N1CC(C(=O)NCCC2CCCNC2)CC1=O. The number of hydrogen-bond donors (Lipinski definition) is 2. The van der Waals surface area contributed by atoms with Crippen molar-refractivity contribution < 1.29 is 9.59 Å². The van der Waals surface area contributed by atoms with Gasteiger partial charge in [-0.25, -0.2) is 0 Å². The second kappa shape index (κ2) is 9.36. The minimum absolute atomic E-state index is 0.0237. The number of benzene rings is 1. The molecule has 5 heteroatoms. The highest BCUT2D eigenvalue weighted by Crippen LogP contribution is 2.33. The average Bonchev–Trinajstić information content (AvgIpc) is 3.09. The van der Waals surface area contributed by atoms with Crippen LogP contribution in [0.5, 0.6) is 0 Å². The second-order valence-corrected chi connectivity index (χ2v) is 8.07. The molecule has 2 N–H and O–H groups in total. The average molecular weight is 372 g/mol. The maximum atomic E-state index is 12.6.